The summed E-state index contributed by atoms with van der Waals surface area (Å²) in [6, 6.07) is 2.42. The molecule has 19 heavy (non-hydrogen) atoms. The molecule has 6 nitrogen and oxygen atoms in total. The second kappa shape index (κ2) is 5.51. The first-order valence-corrected chi connectivity index (χ1v) is 5.07. The molecule has 0 aliphatic rings. The largest absolute Gasteiger partial charge is 0.433 e. The highest BCUT2D eigenvalue weighted by Crippen LogP contribution is 2.34. The van der Waals surface area contributed by atoms with Crippen LogP contribution in [0.4, 0.5) is 24.5 Å². The average Bonchev–Trinajstić information content (AvgIpc) is 2.33. The molecule has 1 rings (SSSR count). The van der Waals surface area contributed by atoms with E-state index in [2.05, 4.69) is 4.98 Å². The summed E-state index contributed by atoms with van der Waals surface area (Å²) in [7, 11) is 1.37. The summed E-state index contributed by atoms with van der Waals surface area (Å²) < 4.78 is 37.5. The number of aromatic nitrogens is 1. The third kappa shape index (κ3) is 3.54. The smallest absolute Gasteiger partial charge is 0.368 e. The Labute approximate surface area is 106 Å². The van der Waals surface area contributed by atoms with E-state index in [0.29, 0.717) is 12.3 Å². The van der Waals surface area contributed by atoms with E-state index < -0.39 is 22.5 Å². The monoisotopic (exact) mass is 274 g/mol. The molecule has 0 saturated carbocycles. The molecule has 0 fully saturated rings. The van der Waals surface area contributed by atoms with Crippen molar-refractivity contribution in [2.45, 2.75) is 12.6 Å². The standard InChI is InChI=1S/C10H9F3N4O2/c1-16(4-2-3-14)7-5-9(10(11,12)13)15-6-8(7)17(18)19/h5-6H,2,4H2,1H3. The lowest BCUT2D eigenvalue weighted by Gasteiger charge is -2.18. The van der Waals surface area contributed by atoms with Gasteiger partial charge in [-0.25, -0.2) is 4.98 Å². The van der Waals surface area contributed by atoms with E-state index in [0.717, 1.165) is 0 Å². The van der Waals surface area contributed by atoms with Crippen molar-refractivity contribution in [1.82, 2.24) is 4.98 Å². The van der Waals surface area contributed by atoms with Crippen LogP contribution >= 0.6 is 0 Å². The van der Waals surface area contributed by atoms with Crippen LogP contribution < -0.4 is 4.90 Å². The SMILES string of the molecule is CN(CCC#N)c1cc(C(F)(F)F)ncc1[N+](=O)[O-]. The van der Waals surface area contributed by atoms with Gasteiger partial charge in [-0.15, -0.1) is 0 Å². The fourth-order valence-corrected chi connectivity index (χ4v) is 1.38. The second-order valence-corrected chi connectivity index (χ2v) is 3.64. The normalized spacial score (nSPS) is 10.9. The number of hydrogen-bond acceptors (Lipinski definition) is 5. The molecule has 0 spiro atoms. The lowest BCUT2D eigenvalue weighted by molar-refractivity contribution is -0.384. The van der Waals surface area contributed by atoms with Crippen LogP contribution in [-0.4, -0.2) is 23.5 Å². The number of anilines is 1. The first kappa shape index (κ1) is 14.7. The van der Waals surface area contributed by atoms with Gasteiger partial charge in [0.05, 0.1) is 17.4 Å². The Balaban J connectivity index is 3.24. The summed E-state index contributed by atoms with van der Waals surface area (Å²) in [5.41, 5.74) is -1.96. The van der Waals surface area contributed by atoms with Gasteiger partial charge in [-0.1, -0.05) is 0 Å². The minimum Gasteiger partial charge on any atom is -0.368 e. The molecule has 1 heterocycles. The summed E-state index contributed by atoms with van der Waals surface area (Å²) in [4.78, 5) is 14.2. The Hall–Kier alpha value is -2.37. The zero-order valence-corrected chi connectivity index (χ0v) is 9.81. The Morgan fingerprint density at radius 3 is 2.68 bits per heavy atom. The number of nitrogens with zero attached hydrogens (tertiary/aromatic N) is 4. The summed E-state index contributed by atoms with van der Waals surface area (Å²) in [5.74, 6) is 0. The van der Waals surface area contributed by atoms with Crippen molar-refractivity contribution in [3.8, 4) is 6.07 Å². The second-order valence-electron chi connectivity index (χ2n) is 3.64. The van der Waals surface area contributed by atoms with E-state index in [-0.39, 0.29) is 18.7 Å². The maximum Gasteiger partial charge on any atom is 0.433 e. The van der Waals surface area contributed by atoms with E-state index in [1.807, 2.05) is 6.07 Å². The van der Waals surface area contributed by atoms with Gasteiger partial charge < -0.3 is 4.90 Å². The number of halogens is 3. The number of nitro groups is 1. The minimum absolute atomic E-state index is 0.0390. The van der Waals surface area contributed by atoms with E-state index in [9.17, 15) is 23.3 Å². The number of nitriles is 1. The van der Waals surface area contributed by atoms with Gasteiger partial charge >= 0.3 is 11.9 Å². The average molecular weight is 274 g/mol. The number of hydrogen-bond donors (Lipinski definition) is 0. The van der Waals surface area contributed by atoms with Crippen LogP contribution in [0.5, 0.6) is 0 Å². The van der Waals surface area contributed by atoms with E-state index >= 15 is 0 Å². The molecular weight excluding hydrogens is 265 g/mol. The van der Waals surface area contributed by atoms with Gasteiger partial charge in [0.25, 0.3) is 0 Å². The van der Waals surface area contributed by atoms with Gasteiger partial charge in [-0.2, -0.15) is 18.4 Å². The predicted octanol–water partition coefficient (Wildman–Crippen LogP) is 2.36. The predicted molar refractivity (Wildman–Crippen MR) is 59.4 cm³/mol. The zero-order valence-electron chi connectivity index (χ0n) is 9.81. The fraction of sp³-hybridized carbons (Fsp3) is 0.400. The van der Waals surface area contributed by atoms with Crippen molar-refractivity contribution in [3.05, 3.63) is 28.1 Å². The summed E-state index contributed by atoms with van der Waals surface area (Å²) >= 11 is 0. The van der Waals surface area contributed by atoms with Crippen LogP contribution in [0.15, 0.2) is 12.3 Å². The van der Waals surface area contributed by atoms with Gasteiger partial charge in [-0.05, 0) is 6.07 Å². The molecule has 0 aliphatic heterocycles. The molecule has 0 atom stereocenters. The quantitative estimate of drug-likeness (QED) is 0.621. The van der Waals surface area contributed by atoms with Gasteiger partial charge in [0.15, 0.2) is 0 Å². The van der Waals surface area contributed by atoms with Crippen LogP contribution in [0.3, 0.4) is 0 Å². The third-order valence-electron chi connectivity index (χ3n) is 2.32. The van der Waals surface area contributed by atoms with Crippen LogP contribution in [0.1, 0.15) is 12.1 Å². The van der Waals surface area contributed by atoms with Crippen molar-refractivity contribution in [1.29, 1.82) is 5.26 Å². The minimum atomic E-state index is -4.68. The van der Waals surface area contributed by atoms with Crippen molar-refractivity contribution < 1.29 is 18.1 Å². The third-order valence-corrected chi connectivity index (χ3v) is 2.32. The molecule has 1 aromatic heterocycles. The Morgan fingerprint density at radius 1 is 1.58 bits per heavy atom. The molecule has 0 aromatic carbocycles. The molecule has 1 aromatic rings. The maximum atomic E-state index is 12.5. The van der Waals surface area contributed by atoms with Crippen LogP contribution in [-0.2, 0) is 6.18 Å². The molecule has 0 saturated heterocycles. The van der Waals surface area contributed by atoms with Gasteiger partial charge in [0.1, 0.15) is 17.6 Å². The van der Waals surface area contributed by atoms with Gasteiger partial charge in [-0.3, -0.25) is 10.1 Å². The van der Waals surface area contributed by atoms with Crippen LogP contribution in [0.25, 0.3) is 0 Å². The van der Waals surface area contributed by atoms with E-state index in [1.54, 1.807) is 0 Å². The highest BCUT2D eigenvalue weighted by molar-refractivity contribution is 5.62. The Bertz CT molecular complexity index is 524. The van der Waals surface area contributed by atoms with Crippen LogP contribution in [0, 0.1) is 21.4 Å². The highest BCUT2D eigenvalue weighted by atomic mass is 19.4. The number of rotatable bonds is 4. The highest BCUT2D eigenvalue weighted by Gasteiger charge is 2.34. The Morgan fingerprint density at radius 2 is 2.21 bits per heavy atom. The molecule has 0 aliphatic carbocycles. The van der Waals surface area contributed by atoms with Crippen molar-refractivity contribution in [3.63, 3.8) is 0 Å². The first-order chi connectivity index (χ1) is 8.77. The topological polar surface area (TPSA) is 83.1 Å². The summed E-state index contributed by atoms with van der Waals surface area (Å²) in [6.07, 6.45) is -4.07. The molecule has 0 unspecified atom stereocenters. The van der Waals surface area contributed by atoms with Crippen molar-refractivity contribution in [2.24, 2.45) is 0 Å². The molecule has 9 heteroatoms. The number of pyridine rings is 1. The van der Waals surface area contributed by atoms with Gasteiger partial charge in [0, 0.05) is 13.6 Å². The lowest BCUT2D eigenvalue weighted by Crippen LogP contribution is -2.21. The van der Waals surface area contributed by atoms with E-state index in [1.165, 1.54) is 11.9 Å². The van der Waals surface area contributed by atoms with Crippen molar-refractivity contribution in [2.75, 3.05) is 18.5 Å². The lowest BCUT2D eigenvalue weighted by atomic mass is 10.2. The molecule has 0 N–H and O–H groups in total. The molecule has 0 amide bonds. The molecule has 0 bridgehead atoms. The van der Waals surface area contributed by atoms with Crippen molar-refractivity contribution >= 4 is 11.4 Å². The molecule has 0 radical (unpaired) electrons. The Kier molecular flexibility index (Phi) is 4.26. The first-order valence-electron chi connectivity index (χ1n) is 5.07. The fourth-order valence-electron chi connectivity index (χ4n) is 1.38. The molecule has 102 valence electrons. The summed E-state index contributed by atoms with van der Waals surface area (Å²) in [6.45, 7) is 0.0820. The molecular formula is C10H9F3N4O2. The van der Waals surface area contributed by atoms with Crippen LogP contribution in [0.2, 0.25) is 0 Å². The zero-order chi connectivity index (χ0) is 14.6. The van der Waals surface area contributed by atoms with E-state index in [4.69, 9.17) is 5.26 Å². The summed E-state index contributed by atoms with van der Waals surface area (Å²) in [5, 5.41) is 19.2. The maximum absolute atomic E-state index is 12.5. The number of alkyl halides is 3. The van der Waals surface area contributed by atoms with Gasteiger partial charge in [0.2, 0.25) is 0 Å².